The Bertz CT molecular complexity index is 324. The Balaban J connectivity index is 1.46. The Hall–Kier alpha value is 0.0649. The number of rotatable bonds is 2. The first-order valence-electron chi connectivity index (χ1n) is 9.16. The zero-order chi connectivity index (χ0) is 13.0. The molecule has 0 aromatic heterocycles. The monoisotopic (exact) mass is 258 g/mol. The van der Waals surface area contributed by atoms with E-state index in [0.29, 0.717) is 5.41 Å². The second-order valence-electron chi connectivity index (χ2n) is 8.98. The summed E-state index contributed by atoms with van der Waals surface area (Å²) in [6.07, 6.45) is 15.7. The van der Waals surface area contributed by atoms with Crippen molar-refractivity contribution in [2.45, 2.75) is 89.6 Å². The SMILES string of the molecule is CC1(C)[C@@H]2CC[C@@H](CB3C4CCCC3CCC4)[C@H]1C2. The van der Waals surface area contributed by atoms with Crippen molar-refractivity contribution < 1.29 is 0 Å². The molecule has 3 aliphatic carbocycles. The van der Waals surface area contributed by atoms with Crippen LogP contribution in [0.4, 0.5) is 0 Å². The van der Waals surface area contributed by atoms with E-state index < -0.39 is 0 Å². The summed E-state index contributed by atoms with van der Waals surface area (Å²) < 4.78 is 0. The Labute approximate surface area is 120 Å². The van der Waals surface area contributed by atoms with Crippen molar-refractivity contribution in [1.82, 2.24) is 0 Å². The molecule has 0 aromatic carbocycles. The minimum atomic E-state index is 0.701. The summed E-state index contributed by atoms with van der Waals surface area (Å²) in [6.45, 7) is 6.28. The minimum absolute atomic E-state index is 0.701. The third-order valence-corrected chi connectivity index (χ3v) is 8.09. The number of hydrogen-bond acceptors (Lipinski definition) is 0. The molecule has 3 saturated carbocycles. The molecule has 0 amide bonds. The van der Waals surface area contributed by atoms with Gasteiger partial charge in [0.2, 0.25) is 0 Å². The normalized spacial score (nSPS) is 47.7. The predicted molar refractivity (Wildman–Crippen MR) is 83.9 cm³/mol. The lowest BCUT2D eigenvalue weighted by Gasteiger charge is -2.61. The van der Waals surface area contributed by atoms with E-state index in [-0.39, 0.29) is 0 Å². The van der Waals surface area contributed by atoms with Gasteiger partial charge < -0.3 is 0 Å². The van der Waals surface area contributed by atoms with Crippen LogP contribution in [0.15, 0.2) is 0 Å². The lowest BCUT2D eigenvalue weighted by molar-refractivity contribution is -0.0991. The van der Waals surface area contributed by atoms with Crippen LogP contribution in [0.3, 0.4) is 0 Å². The molecule has 5 aliphatic rings. The molecule has 0 unspecified atom stereocenters. The molecule has 0 aromatic rings. The highest BCUT2D eigenvalue weighted by Crippen LogP contribution is 2.63. The first-order valence-corrected chi connectivity index (χ1v) is 9.16. The smallest absolute Gasteiger partial charge is 0.0706 e. The molecule has 5 rings (SSSR count). The molecule has 1 heteroatoms. The standard InChI is InChI=1S/C18H31B/c1-18(2)14-10-9-13(17(18)11-14)12-19-15-5-3-6-16(19)8-4-7-15/h13-17H,3-12H2,1-2H3/t13-,14+,15?,16?,17+/m0/s1. The van der Waals surface area contributed by atoms with Crippen molar-refractivity contribution in [3.8, 4) is 0 Å². The van der Waals surface area contributed by atoms with Crippen molar-refractivity contribution in [1.29, 1.82) is 0 Å². The number of hydrogen-bond donors (Lipinski definition) is 0. The van der Waals surface area contributed by atoms with Gasteiger partial charge in [-0.3, -0.25) is 0 Å². The Morgan fingerprint density at radius 2 is 1.53 bits per heavy atom. The van der Waals surface area contributed by atoms with Crippen LogP contribution in [-0.4, -0.2) is 6.71 Å². The quantitative estimate of drug-likeness (QED) is 0.560. The fourth-order valence-electron chi connectivity index (χ4n) is 6.79. The molecular formula is C18H31B. The fourth-order valence-corrected chi connectivity index (χ4v) is 6.79. The van der Waals surface area contributed by atoms with Crippen molar-refractivity contribution >= 4 is 6.71 Å². The Morgan fingerprint density at radius 3 is 2.05 bits per heavy atom. The molecule has 0 nitrogen and oxygen atoms in total. The first-order chi connectivity index (χ1) is 9.16. The fraction of sp³-hybridized carbons (Fsp3) is 1.00. The zero-order valence-electron chi connectivity index (χ0n) is 13.0. The van der Waals surface area contributed by atoms with Crippen LogP contribution in [-0.2, 0) is 0 Å². The van der Waals surface area contributed by atoms with Crippen LogP contribution < -0.4 is 0 Å². The van der Waals surface area contributed by atoms with E-state index in [2.05, 4.69) is 13.8 Å². The van der Waals surface area contributed by atoms with Gasteiger partial charge in [-0.1, -0.05) is 76.7 Å². The highest BCUT2D eigenvalue weighted by atomic mass is 14.6. The van der Waals surface area contributed by atoms with E-state index in [4.69, 9.17) is 0 Å². The van der Waals surface area contributed by atoms with E-state index in [0.717, 1.165) is 36.1 Å². The highest BCUT2D eigenvalue weighted by Gasteiger charge is 2.55. The van der Waals surface area contributed by atoms with Crippen molar-refractivity contribution in [3.05, 3.63) is 0 Å². The molecule has 106 valence electrons. The third-order valence-electron chi connectivity index (χ3n) is 8.09. The second kappa shape index (κ2) is 4.53. The van der Waals surface area contributed by atoms with E-state index in [1.54, 1.807) is 64.1 Å². The lowest BCUT2D eigenvalue weighted by atomic mass is 9.24. The summed E-state index contributed by atoms with van der Waals surface area (Å²) in [5.41, 5.74) is 0.701. The maximum atomic E-state index is 2.57. The predicted octanol–water partition coefficient (Wildman–Crippen LogP) is 5.66. The molecule has 19 heavy (non-hydrogen) atoms. The van der Waals surface area contributed by atoms with Crippen LogP contribution in [0, 0.1) is 23.2 Å². The van der Waals surface area contributed by atoms with E-state index in [1.807, 2.05) is 0 Å². The van der Waals surface area contributed by atoms with Crippen LogP contribution in [0.25, 0.3) is 0 Å². The van der Waals surface area contributed by atoms with E-state index in [1.165, 1.54) is 0 Å². The number of fused-ring (bicyclic) bond motifs is 4. The van der Waals surface area contributed by atoms with Gasteiger partial charge in [0.1, 0.15) is 6.71 Å². The van der Waals surface area contributed by atoms with Gasteiger partial charge >= 0.3 is 0 Å². The van der Waals surface area contributed by atoms with Gasteiger partial charge in [0.25, 0.3) is 0 Å². The van der Waals surface area contributed by atoms with Gasteiger partial charge in [0.15, 0.2) is 0 Å². The van der Waals surface area contributed by atoms with E-state index >= 15 is 0 Å². The van der Waals surface area contributed by atoms with Crippen LogP contribution in [0.5, 0.6) is 0 Å². The summed E-state index contributed by atoms with van der Waals surface area (Å²) >= 11 is 0. The largest absolute Gasteiger partial charge is 0.146 e. The highest BCUT2D eigenvalue weighted by molar-refractivity contribution is 6.62. The van der Waals surface area contributed by atoms with Crippen molar-refractivity contribution in [2.24, 2.45) is 23.2 Å². The maximum absolute atomic E-state index is 2.57. The topological polar surface area (TPSA) is 0 Å². The lowest BCUT2D eigenvalue weighted by Crippen LogP contribution is -2.53. The molecule has 3 atom stereocenters. The summed E-state index contributed by atoms with van der Waals surface area (Å²) in [4.78, 5) is 0. The molecule has 4 bridgehead atoms. The summed E-state index contributed by atoms with van der Waals surface area (Å²) in [7, 11) is 0. The Morgan fingerprint density at radius 1 is 0.895 bits per heavy atom. The van der Waals surface area contributed by atoms with Gasteiger partial charge in [0.05, 0.1) is 0 Å². The zero-order valence-corrected chi connectivity index (χ0v) is 13.0. The molecule has 0 spiro atoms. The molecule has 0 N–H and O–H groups in total. The summed E-state index contributed by atoms with van der Waals surface area (Å²) in [5, 5.41) is 0. The van der Waals surface area contributed by atoms with Gasteiger partial charge in [-0.05, 0) is 36.0 Å². The van der Waals surface area contributed by atoms with Crippen LogP contribution >= 0.6 is 0 Å². The molecular weight excluding hydrogens is 227 g/mol. The molecule has 2 aliphatic heterocycles. The molecule has 0 radical (unpaired) electrons. The maximum Gasteiger partial charge on any atom is 0.146 e. The minimum Gasteiger partial charge on any atom is -0.0706 e. The summed E-state index contributed by atoms with van der Waals surface area (Å²) in [5.74, 6) is 5.54. The van der Waals surface area contributed by atoms with Gasteiger partial charge in [-0.2, -0.15) is 0 Å². The Kier molecular flexibility index (Phi) is 3.05. The first kappa shape index (κ1) is 12.8. The van der Waals surface area contributed by atoms with Gasteiger partial charge in [0, 0.05) is 0 Å². The second-order valence-corrected chi connectivity index (χ2v) is 8.98. The molecule has 2 heterocycles. The van der Waals surface area contributed by atoms with E-state index in [9.17, 15) is 0 Å². The average molecular weight is 258 g/mol. The third kappa shape index (κ3) is 1.94. The molecule has 2 saturated heterocycles. The van der Waals surface area contributed by atoms with Crippen molar-refractivity contribution in [2.75, 3.05) is 0 Å². The van der Waals surface area contributed by atoms with Crippen LogP contribution in [0.2, 0.25) is 18.0 Å². The van der Waals surface area contributed by atoms with Gasteiger partial charge in [-0.15, -0.1) is 0 Å². The summed E-state index contributed by atoms with van der Waals surface area (Å²) in [6, 6.07) is 0. The van der Waals surface area contributed by atoms with Crippen molar-refractivity contribution in [3.63, 3.8) is 0 Å². The van der Waals surface area contributed by atoms with Crippen LogP contribution in [0.1, 0.15) is 71.6 Å². The van der Waals surface area contributed by atoms with Gasteiger partial charge in [-0.25, -0.2) is 0 Å². The molecule has 5 fully saturated rings. The average Bonchev–Trinajstić information content (AvgIpc) is 2.38.